The molecule has 2 aromatic rings. The molecule has 0 spiro atoms. The van der Waals surface area contributed by atoms with Crippen LogP contribution < -0.4 is 5.32 Å². The lowest BCUT2D eigenvalue weighted by molar-refractivity contribution is -0.115. The molecular formula is C15H19N5O2S. The molecule has 1 unspecified atom stereocenters. The Labute approximate surface area is 138 Å². The maximum atomic E-state index is 12.3. The number of carbonyl (C=O) groups is 1. The van der Waals surface area contributed by atoms with E-state index in [4.69, 9.17) is 4.52 Å². The summed E-state index contributed by atoms with van der Waals surface area (Å²) in [5.41, 5.74) is 0. The summed E-state index contributed by atoms with van der Waals surface area (Å²) in [6.07, 6.45) is 4.13. The molecule has 0 aromatic carbocycles. The molecular weight excluding hydrogens is 314 g/mol. The predicted octanol–water partition coefficient (Wildman–Crippen LogP) is 2.76. The second kappa shape index (κ2) is 6.57. The van der Waals surface area contributed by atoms with Crippen molar-refractivity contribution in [3.05, 3.63) is 30.3 Å². The van der Waals surface area contributed by atoms with Gasteiger partial charge in [-0.25, -0.2) is 0 Å². The third-order valence-electron chi connectivity index (χ3n) is 3.53. The molecule has 1 fully saturated rings. The van der Waals surface area contributed by atoms with Gasteiger partial charge in [0.1, 0.15) is 11.6 Å². The molecule has 1 N–H and O–H groups in total. The number of carbonyl (C=O) groups excluding carboxylic acids is 1. The van der Waals surface area contributed by atoms with Crippen LogP contribution in [0.5, 0.6) is 0 Å². The molecule has 7 nitrogen and oxygen atoms in total. The fourth-order valence-electron chi connectivity index (χ4n) is 2.20. The van der Waals surface area contributed by atoms with E-state index in [-0.39, 0.29) is 11.2 Å². The number of rotatable bonds is 7. The number of nitrogens with one attached hydrogen (secondary N) is 1. The van der Waals surface area contributed by atoms with Gasteiger partial charge in [-0.2, -0.15) is 0 Å². The molecule has 1 aliphatic rings. The monoisotopic (exact) mass is 333 g/mol. The van der Waals surface area contributed by atoms with Crippen molar-refractivity contribution in [1.29, 1.82) is 0 Å². The van der Waals surface area contributed by atoms with Gasteiger partial charge in [0.15, 0.2) is 11.0 Å². The number of anilines is 1. The number of thioether (sulfide) groups is 1. The van der Waals surface area contributed by atoms with Crippen LogP contribution in [0.25, 0.3) is 0 Å². The van der Waals surface area contributed by atoms with Crippen LogP contribution in [-0.4, -0.2) is 31.1 Å². The van der Waals surface area contributed by atoms with Crippen molar-refractivity contribution in [3.8, 4) is 0 Å². The maximum absolute atomic E-state index is 12.3. The van der Waals surface area contributed by atoms with Crippen molar-refractivity contribution in [2.24, 2.45) is 0 Å². The first-order valence-electron chi connectivity index (χ1n) is 7.53. The van der Waals surface area contributed by atoms with E-state index in [1.54, 1.807) is 13.0 Å². The number of amides is 1. The summed E-state index contributed by atoms with van der Waals surface area (Å²) in [6.45, 7) is 8.04. The summed E-state index contributed by atoms with van der Waals surface area (Å²) in [5, 5.41) is 15.4. The highest BCUT2D eigenvalue weighted by molar-refractivity contribution is 8.00. The minimum Gasteiger partial charge on any atom is -0.360 e. The van der Waals surface area contributed by atoms with Gasteiger partial charge in [-0.3, -0.25) is 4.79 Å². The van der Waals surface area contributed by atoms with Crippen LogP contribution in [-0.2, 0) is 11.3 Å². The highest BCUT2D eigenvalue weighted by Crippen LogP contribution is 2.40. The summed E-state index contributed by atoms with van der Waals surface area (Å²) >= 11 is 1.38. The third kappa shape index (κ3) is 3.64. The van der Waals surface area contributed by atoms with Crippen molar-refractivity contribution < 1.29 is 9.32 Å². The molecule has 1 atom stereocenters. The summed E-state index contributed by atoms with van der Waals surface area (Å²) < 4.78 is 6.98. The topological polar surface area (TPSA) is 85.8 Å². The molecule has 23 heavy (non-hydrogen) atoms. The van der Waals surface area contributed by atoms with Gasteiger partial charge in [0.05, 0.1) is 5.25 Å². The SMILES string of the molecule is C=CCn1c(SC(C)C(=O)Nc2cc(C)on2)nnc1C1CC1. The van der Waals surface area contributed by atoms with Gasteiger partial charge in [-0.05, 0) is 26.7 Å². The van der Waals surface area contributed by atoms with E-state index in [2.05, 4.69) is 27.2 Å². The molecule has 0 saturated heterocycles. The van der Waals surface area contributed by atoms with E-state index in [0.29, 0.717) is 24.0 Å². The fraction of sp³-hybridized carbons (Fsp3) is 0.467. The average Bonchev–Trinajstić information content (AvgIpc) is 3.17. The summed E-state index contributed by atoms with van der Waals surface area (Å²) in [4.78, 5) is 12.3. The lowest BCUT2D eigenvalue weighted by atomic mass is 10.4. The molecule has 122 valence electrons. The third-order valence-corrected chi connectivity index (χ3v) is 4.61. The molecule has 1 aliphatic carbocycles. The van der Waals surface area contributed by atoms with E-state index >= 15 is 0 Å². The second-order valence-electron chi connectivity index (χ2n) is 5.59. The normalized spacial score (nSPS) is 15.4. The lowest BCUT2D eigenvalue weighted by Gasteiger charge is -2.11. The Morgan fingerprint density at radius 3 is 3.00 bits per heavy atom. The van der Waals surface area contributed by atoms with Crippen LogP contribution in [0.1, 0.15) is 37.3 Å². The fourth-order valence-corrected chi connectivity index (χ4v) is 3.06. The van der Waals surface area contributed by atoms with Crippen LogP contribution in [0.15, 0.2) is 28.4 Å². The Bertz CT molecular complexity index is 719. The average molecular weight is 333 g/mol. The van der Waals surface area contributed by atoms with E-state index in [1.807, 2.05) is 17.6 Å². The van der Waals surface area contributed by atoms with Crippen LogP contribution in [0, 0.1) is 6.92 Å². The zero-order chi connectivity index (χ0) is 16.4. The smallest absolute Gasteiger partial charge is 0.238 e. The van der Waals surface area contributed by atoms with Gasteiger partial charge in [0.25, 0.3) is 0 Å². The molecule has 0 radical (unpaired) electrons. The highest BCUT2D eigenvalue weighted by atomic mass is 32.2. The molecule has 3 rings (SSSR count). The minimum absolute atomic E-state index is 0.149. The van der Waals surface area contributed by atoms with Crippen molar-refractivity contribution in [1.82, 2.24) is 19.9 Å². The second-order valence-corrected chi connectivity index (χ2v) is 6.89. The van der Waals surface area contributed by atoms with E-state index < -0.39 is 0 Å². The number of allylic oxidation sites excluding steroid dienone is 1. The van der Waals surface area contributed by atoms with Gasteiger partial charge >= 0.3 is 0 Å². The zero-order valence-electron chi connectivity index (χ0n) is 13.2. The van der Waals surface area contributed by atoms with Gasteiger partial charge in [-0.15, -0.1) is 16.8 Å². The molecule has 2 heterocycles. The molecule has 0 aliphatic heterocycles. The number of hydrogen-bond acceptors (Lipinski definition) is 6. The Hall–Kier alpha value is -2.09. The first-order chi connectivity index (χ1) is 11.1. The van der Waals surface area contributed by atoms with E-state index in [1.165, 1.54) is 11.8 Å². The summed E-state index contributed by atoms with van der Waals surface area (Å²) in [7, 11) is 0. The Morgan fingerprint density at radius 2 is 2.39 bits per heavy atom. The largest absolute Gasteiger partial charge is 0.360 e. The van der Waals surface area contributed by atoms with Crippen molar-refractivity contribution in [2.75, 3.05) is 5.32 Å². The van der Waals surface area contributed by atoms with Gasteiger partial charge < -0.3 is 14.4 Å². The maximum Gasteiger partial charge on any atom is 0.238 e. The quantitative estimate of drug-likeness (QED) is 0.619. The first-order valence-corrected chi connectivity index (χ1v) is 8.41. The van der Waals surface area contributed by atoms with Gasteiger partial charge in [0, 0.05) is 18.5 Å². The standard InChI is InChI=1S/C15H19N5O2S/c1-4-7-20-13(11-5-6-11)17-18-15(20)23-10(3)14(21)16-12-8-9(2)22-19-12/h4,8,10-11H,1,5-7H2,2-3H3,(H,16,19,21). The molecule has 1 amide bonds. The van der Waals surface area contributed by atoms with Gasteiger partial charge in [0.2, 0.25) is 5.91 Å². The minimum atomic E-state index is -0.327. The highest BCUT2D eigenvalue weighted by Gasteiger charge is 2.31. The molecule has 2 aromatic heterocycles. The Balaban J connectivity index is 1.68. The van der Waals surface area contributed by atoms with E-state index in [0.717, 1.165) is 23.8 Å². The van der Waals surface area contributed by atoms with Crippen LogP contribution in [0.4, 0.5) is 5.82 Å². The lowest BCUT2D eigenvalue weighted by Crippen LogP contribution is -2.23. The molecule has 0 bridgehead atoms. The van der Waals surface area contributed by atoms with Crippen LogP contribution in [0.3, 0.4) is 0 Å². The number of aromatic nitrogens is 4. The Kier molecular flexibility index (Phi) is 4.51. The summed E-state index contributed by atoms with van der Waals surface area (Å²) in [5.74, 6) is 2.42. The zero-order valence-corrected chi connectivity index (χ0v) is 14.0. The van der Waals surface area contributed by atoms with Crippen LogP contribution in [0.2, 0.25) is 0 Å². The predicted molar refractivity (Wildman–Crippen MR) is 87.4 cm³/mol. The summed E-state index contributed by atoms with van der Waals surface area (Å²) in [6, 6.07) is 1.68. The van der Waals surface area contributed by atoms with Crippen molar-refractivity contribution >= 4 is 23.5 Å². The number of nitrogens with zero attached hydrogens (tertiary/aromatic N) is 4. The number of aryl methyl sites for hydroxylation is 1. The number of hydrogen-bond donors (Lipinski definition) is 1. The first kappa shape index (κ1) is 15.8. The van der Waals surface area contributed by atoms with Crippen molar-refractivity contribution in [3.63, 3.8) is 0 Å². The van der Waals surface area contributed by atoms with E-state index in [9.17, 15) is 4.79 Å². The molecule has 1 saturated carbocycles. The Morgan fingerprint density at radius 1 is 1.61 bits per heavy atom. The van der Waals surface area contributed by atoms with Crippen LogP contribution >= 0.6 is 11.8 Å². The van der Waals surface area contributed by atoms with Crippen molar-refractivity contribution in [2.45, 2.75) is 49.6 Å². The van der Waals surface area contributed by atoms with Gasteiger partial charge in [-0.1, -0.05) is 23.0 Å². The molecule has 8 heteroatoms.